The van der Waals surface area contributed by atoms with Crippen LogP contribution in [0, 0.1) is 0 Å². The molecule has 0 heterocycles. The molecule has 5 heteroatoms. The van der Waals surface area contributed by atoms with Crippen molar-refractivity contribution in [3.05, 3.63) is 89.5 Å². The lowest BCUT2D eigenvalue weighted by molar-refractivity contribution is 0.306. The SMILES string of the molecule is COc1ccc(CCNCc2cccc(OCc3ccccc3)c2)cc1OC.Cl. The first-order chi connectivity index (χ1) is 13.8. The van der Waals surface area contributed by atoms with Gasteiger partial charge in [0, 0.05) is 6.54 Å². The first-order valence-electron chi connectivity index (χ1n) is 9.46. The highest BCUT2D eigenvalue weighted by atomic mass is 35.5. The molecule has 1 N–H and O–H groups in total. The first kappa shape index (κ1) is 22.6. The molecule has 3 aromatic rings. The van der Waals surface area contributed by atoms with Gasteiger partial charge in [0.15, 0.2) is 11.5 Å². The van der Waals surface area contributed by atoms with E-state index in [1.165, 1.54) is 16.7 Å². The van der Waals surface area contributed by atoms with E-state index in [-0.39, 0.29) is 12.4 Å². The second kappa shape index (κ2) is 12.0. The molecular formula is C24H28ClNO3. The number of hydrogen-bond donors (Lipinski definition) is 1. The molecule has 0 aliphatic carbocycles. The van der Waals surface area contributed by atoms with Crippen molar-refractivity contribution in [2.24, 2.45) is 0 Å². The minimum atomic E-state index is 0. The Kier molecular flexibility index (Phi) is 9.35. The Bertz CT molecular complexity index is 871. The van der Waals surface area contributed by atoms with Gasteiger partial charge in [0.25, 0.3) is 0 Å². The summed E-state index contributed by atoms with van der Waals surface area (Å²) in [6.45, 7) is 2.26. The van der Waals surface area contributed by atoms with Crippen LogP contribution in [0.2, 0.25) is 0 Å². The number of ether oxygens (including phenoxy) is 3. The molecule has 4 nitrogen and oxygen atoms in total. The van der Waals surface area contributed by atoms with Gasteiger partial charge in [-0.25, -0.2) is 0 Å². The molecule has 0 aliphatic rings. The van der Waals surface area contributed by atoms with Gasteiger partial charge in [-0.1, -0.05) is 48.5 Å². The highest BCUT2D eigenvalue weighted by molar-refractivity contribution is 5.85. The van der Waals surface area contributed by atoms with Crippen LogP contribution in [0.5, 0.6) is 17.2 Å². The van der Waals surface area contributed by atoms with Crippen LogP contribution >= 0.6 is 12.4 Å². The highest BCUT2D eigenvalue weighted by Crippen LogP contribution is 2.27. The Hall–Kier alpha value is -2.69. The molecule has 0 fully saturated rings. The van der Waals surface area contributed by atoms with E-state index in [1.54, 1.807) is 14.2 Å². The van der Waals surface area contributed by atoms with E-state index in [1.807, 2.05) is 42.5 Å². The van der Waals surface area contributed by atoms with Crippen LogP contribution in [0.4, 0.5) is 0 Å². The smallest absolute Gasteiger partial charge is 0.160 e. The van der Waals surface area contributed by atoms with Gasteiger partial charge in [-0.2, -0.15) is 0 Å². The fraction of sp³-hybridized carbons (Fsp3) is 0.250. The lowest BCUT2D eigenvalue weighted by Gasteiger charge is -2.11. The van der Waals surface area contributed by atoms with E-state index >= 15 is 0 Å². The number of rotatable bonds is 10. The van der Waals surface area contributed by atoms with Crippen molar-refractivity contribution >= 4 is 12.4 Å². The maximum atomic E-state index is 5.90. The van der Waals surface area contributed by atoms with Gasteiger partial charge in [-0.05, 0) is 53.9 Å². The van der Waals surface area contributed by atoms with Crippen molar-refractivity contribution in [2.75, 3.05) is 20.8 Å². The topological polar surface area (TPSA) is 39.7 Å². The minimum Gasteiger partial charge on any atom is -0.493 e. The molecule has 0 bridgehead atoms. The van der Waals surface area contributed by atoms with Crippen LogP contribution in [-0.4, -0.2) is 20.8 Å². The normalized spacial score (nSPS) is 10.1. The molecule has 0 aromatic heterocycles. The fourth-order valence-corrected chi connectivity index (χ4v) is 2.99. The van der Waals surface area contributed by atoms with Crippen LogP contribution in [0.1, 0.15) is 16.7 Å². The average Bonchev–Trinajstić information content (AvgIpc) is 2.76. The molecule has 154 valence electrons. The lowest BCUT2D eigenvalue weighted by atomic mass is 10.1. The van der Waals surface area contributed by atoms with Crippen molar-refractivity contribution < 1.29 is 14.2 Å². The Morgan fingerprint density at radius 1 is 0.724 bits per heavy atom. The molecule has 0 saturated heterocycles. The zero-order valence-electron chi connectivity index (χ0n) is 16.9. The predicted octanol–water partition coefficient (Wildman–Crippen LogP) is 5.04. The number of hydrogen-bond acceptors (Lipinski definition) is 4. The molecule has 0 unspecified atom stereocenters. The molecule has 29 heavy (non-hydrogen) atoms. The number of nitrogens with one attached hydrogen (secondary N) is 1. The quantitative estimate of drug-likeness (QED) is 0.473. The summed E-state index contributed by atoms with van der Waals surface area (Å²) in [5.41, 5.74) is 3.59. The molecule has 0 saturated carbocycles. The van der Waals surface area contributed by atoms with Gasteiger partial charge in [-0.15, -0.1) is 12.4 Å². The van der Waals surface area contributed by atoms with Crippen LogP contribution in [0.15, 0.2) is 72.8 Å². The summed E-state index contributed by atoms with van der Waals surface area (Å²) in [5, 5.41) is 3.49. The van der Waals surface area contributed by atoms with Gasteiger partial charge in [-0.3, -0.25) is 0 Å². The second-order valence-electron chi connectivity index (χ2n) is 6.54. The highest BCUT2D eigenvalue weighted by Gasteiger charge is 2.04. The summed E-state index contributed by atoms with van der Waals surface area (Å²) >= 11 is 0. The van der Waals surface area contributed by atoms with Crippen molar-refractivity contribution in [1.29, 1.82) is 0 Å². The van der Waals surface area contributed by atoms with Crippen LogP contribution in [0.3, 0.4) is 0 Å². The van der Waals surface area contributed by atoms with E-state index in [0.717, 1.165) is 36.8 Å². The molecule has 0 radical (unpaired) electrons. The number of benzene rings is 3. The van der Waals surface area contributed by atoms with Crippen LogP contribution in [0.25, 0.3) is 0 Å². The molecule has 0 amide bonds. The maximum Gasteiger partial charge on any atom is 0.160 e. The third-order valence-corrected chi connectivity index (χ3v) is 4.51. The van der Waals surface area contributed by atoms with E-state index in [4.69, 9.17) is 14.2 Å². The molecule has 0 spiro atoms. The summed E-state index contributed by atoms with van der Waals surface area (Å²) < 4.78 is 16.5. The standard InChI is InChI=1S/C24H27NO3.ClH/c1-26-23-12-11-19(16-24(23)27-2)13-14-25-17-21-9-6-10-22(15-21)28-18-20-7-4-3-5-8-20;/h3-12,15-16,25H,13-14,17-18H2,1-2H3;1H. The van der Waals surface area contributed by atoms with Crippen LogP contribution < -0.4 is 19.5 Å². The van der Waals surface area contributed by atoms with E-state index in [9.17, 15) is 0 Å². The van der Waals surface area contributed by atoms with Gasteiger partial charge in [0.2, 0.25) is 0 Å². The Morgan fingerprint density at radius 3 is 2.24 bits per heavy atom. The van der Waals surface area contributed by atoms with Gasteiger partial charge in [0.05, 0.1) is 14.2 Å². The van der Waals surface area contributed by atoms with E-state index in [0.29, 0.717) is 6.61 Å². The number of halogens is 1. The fourth-order valence-electron chi connectivity index (χ4n) is 2.99. The average molecular weight is 414 g/mol. The van der Waals surface area contributed by atoms with Crippen molar-refractivity contribution in [3.63, 3.8) is 0 Å². The number of methoxy groups -OCH3 is 2. The summed E-state index contributed by atoms with van der Waals surface area (Å²) in [5.74, 6) is 2.41. The molecular weight excluding hydrogens is 386 g/mol. The Labute approximate surface area is 179 Å². The minimum absolute atomic E-state index is 0. The summed E-state index contributed by atoms with van der Waals surface area (Å²) in [7, 11) is 3.31. The van der Waals surface area contributed by atoms with Gasteiger partial charge < -0.3 is 19.5 Å². The molecule has 3 rings (SSSR count). The van der Waals surface area contributed by atoms with E-state index in [2.05, 4.69) is 35.6 Å². The monoisotopic (exact) mass is 413 g/mol. The second-order valence-corrected chi connectivity index (χ2v) is 6.54. The Balaban J connectivity index is 0.00000300. The first-order valence-corrected chi connectivity index (χ1v) is 9.46. The summed E-state index contributed by atoms with van der Waals surface area (Å²) in [4.78, 5) is 0. The third kappa shape index (κ3) is 7.00. The van der Waals surface area contributed by atoms with Gasteiger partial charge >= 0.3 is 0 Å². The Morgan fingerprint density at radius 2 is 1.48 bits per heavy atom. The van der Waals surface area contributed by atoms with E-state index < -0.39 is 0 Å². The predicted molar refractivity (Wildman–Crippen MR) is 119 cm³/mol. The van der Waals surface area contributed by atoms with Crippen molar-refractivity contribution in [1.82, 2.24) is 5.32 Å². The largest absolute Gasteiger partial charge is 0.493 e. The summed E-state index contributed by atoms with van der Waals surface area (Å²) in [6.07, 6.45) is 0.921. The summed E-state index contributed by atoms with van der Waals surface area (Å²) in [6, 6.07) is 24.5. The molecule has 0 atom stereocenters. The van der Waals surface area contributed by atoms with Gasteiger partial charge in [0.1, 0.15) is 12.4 Å². The zero-order valence-corrected chi connectivity index (χ0v) is 17.7. The maximum absolute atomic E-state index is 5.90. The molecule has 0 aliphatic heterocycles. The van der Waals surface area contributed by atoms with Crippen molar-refractivity contribution in [2.45, 2.75) is 19.6 Å². The zero-order chi connectivity index (χ0) is 19.6. The van der Waals surface area contributed by atoms with Crippen molar-refractivity contribution in [3.8, 4) is 17.2 Å². The third-order valence-electron chi connectivity index (χ3n) is 4.51. The van der Waals surface area contributed by atoms with Crippen LogP contribution in [-0.2, 0) is 19.6 Å². The lowest BCUT2D eigenvalue weighted by Crippen LogP contribution is -2.16. The molecule has 3 aromatic carbocycles.